The molecule has 136 valence electrons. The minimum Gasteiger partial charge on any atom is -0.333 e. The second kappa shape index (κ2) is 13.4. The minimum atomic E-state index is 0.312. The number of hydrogen-bond donors (Lipinski definition) is 0. The van der Waals surface area contributed by atoms with Crippen molar-refractivity contribution in [1.29, 1.82) is 0 Å². The Hall–Kier alpha value is 0.110. The number of nitrogens with zero attached hydrogens (tertiary/aromatic N) is 1. The average Bonchev–Trinajstić information content (AvgIpc) is 2.70. The summed E-state index contributed by atoms with van der Waals surface area (Å²) >= 11 is 7.22. The maximum atomic E-state index is 12.4. The summed E-state index contributed by atoms with van der Waals surface area (Å²) in [6.45, 7) is 6.46. The Morgan fingerprint density at radius 2 is 1.39 bits per heavy atom. The summed E-state index contributed by atoms with van der Waals surface area (Å²) in [5.74, 6) is 3.11. The zero-order chi connectivity index (χ0) is 16.9. The van der Waals surface area contributed by atoms with Crippen LogP contribution in [0.1, 0.15) is 78.1 Å². The van der Waals surface area contributed by atoms with Gasteiger partial charge in [-0.05, 0) is 37.5 Å². The minimum absolute atomic E-state index is 0.312. The van der Waals surface area contributed by atoms with Crippen LogP contribution in [-0.2, 0) is 0 Å². The lowest BCUT2D eigenvalue weighted by Crippen LogP contribution is -2.33. The molecule has 2 nitrogen and oxygen atoms in total. The molecule has 2 unspecified atom stereocenters. The fourth-order valence-electron chi connectivity index (χ4n) is 3.24. The van der Waals surface area contributed by atoms with Gasteiger partial charge in [-0.1, -0.05) is 64.1 Å². The number of carbonyl (C=O) groups is 1. The molecule has 23 heavy (non-hydrogen) atoms. The third-order valence-electron chi connectivity index (χ3n) is 4.73. The molecule has 1 saturated heterocycles. The summed E-state index contributed by atoms with van der Waals surface area (Å²) in [5.41, 5.74) is 0. The summed E-state index contributed by atoms with van der Waals surface area (Å²) in [5, 5.41) is 0.312. The lowest BCUT2D eigenvalue weighted by Gasteiger charge is -2.23. The second-order valence-corrected chi connectivity index (χ2v) is 8.75. The second-order valence-electron chi connectivity index (χ2n) is 7.32. The number of hydrogen-bond acceptors (Lipinski definition) is 2. The molecule has 4 heteroatoms. The van der Waals surface area contributed by atoms with Crippen molar-refractivity contribution in [2.24, 2.45) is 11.8 Å². The molecule has 0 N–H and O–H groups in total. The van der Waals surface area contributed by atoms with Gasteiger partial charge in [0.05, 0.1) is 0 Å². The highest BCUT2D eigenvalue weighted by Crippen LogP contribution is 2.23. The van der Waals surface area contributed by atoms with E-state index in [2.05, 4.69) is 18.7 Å². The maximum Gasteiger partial charge on any atom is 0.281 e. The predicted octanol–water partition coefficient (Wildman–Crippen LogP) is 6.57. The Balaban J connectivity index is 2.01. The van der Waals surface area contributed by atoms with Gasteiger partial charge in [0.1, 0.15) is 0 Å². The highest BCUT2D eigenvalue weighted by molar-refractivity contribution is 8.13. The van der Waals surface area contributed by atoms with Crippen molar-refractivity contribution in [3.8, 4) is 0 Å². The largest absolute Gasteiger partial charge is 0.333 e. The van der Waals surface area contributed by atoms with Crippen molar-refractivity contribution in [1.82, 2.24) is 4.90 Å². The van der Waals surface area contributed by atoms with E-state index in [9.17, 15) is 4.79 Å². The molecule has 1 heterocycles. The van der Waals surface area contributed by atoms with E-state index in [0.29, 0.717) is 17.1 Å². The number of likely N-dealkylation sites (tertiary alicyclic amines) is 1. The number of thioether (sulfide) groups is 1. The molecule has 1 rings (SSSR count). The molecule has 2 atom stereocenters. The molecule has 1 amide bonds. The lowest BCUT2D eigenvalue weighted by molar-refractivity contribution is 0.213. The first kappa shape index (κ1) is 21.2. The molecule has 0 aromatic rings. The maximum absolute atomic E-state index is 12.4. The molecule has 1 aliphatic rings. The first-order valence-electron chi connectivity index (χ1n) is 9.61. The Bertz CT molecular complexity index is 302. The van der Waals surface area contributed by atoms with Crippen molar-refractivity contribution in [2.45, 2.75) is 78.1 Å². The number of halogens is 1. The monoisotopic (exact) mass is 361 g/mol. The molecule has 0 saturated carbocycles. The van der Waals surface area contributed by atoms with Crippen LogP contribution in [-0.4, -0.2) is 34.9 Å². The van der Waals surface area contributed by atoms with E-state index in [1.54, 1.807) is 11.8 Å². The molecule has 0 bridgehead atoms. The molecule has 0 aliphatic carbocycles. The Labute approximate surface area is 153 Å². The molecule has 0 aromatic heterocycles. The van der Waals surface area contributed by atoms with Gasteiger partial charge >= 0.3 is 0 Å². The molecule has 0 spiro atoms. The van der Waals surface area contributed by atoms with Crippen LogP contribution in [0.2, 0.25) is 0 Å². The molecular weight excluding hydrogens is 326 g/mol. The zero-order valence-electron chi connectivity index (χ0n) is 15.2. The summed E-state index contributed by atoms with van der Waals surface area (Å²) in [7, 11) is 0. The Morgan fingerprint density at radius 3 is 1.91 bits per heavy atom. The quantitative estimate of drug-likeness (QED) is 0.324. The van der Waals surface area contributed by atoms with Gasteiger partial charge < -0.3 is 4.90 Å². The summed E-state index contributed by atoms with van der Waals surface area (Å²) in [6, 6.07) is 0. The van der Waals surface area contributed by atoms with Gasteiger partial charge in [0, 0.05) is 24.7 Å². The van der Waals surface area contributed by atoms with E-state index < -0.39 is 0 Å². The van der Waals surface area contributed by atoms with Gasteiger partial charge in [0.25, 0.3) is 5.24 Å². The van der Waals surface area contributed by atoms with Crippen molar-refractivity contribution in [2.75, 3.05) is 24.7 Å². The third-order valence-corrected chi connectivity index (χ3v) is 5.99. The predicted molar refractivity (Wildman–Crippen MR) is 105 cm³/mol. The Kier molecular flexibility index (Phi) is 12.3. The number of unbranched alkanes of at least 4 members (excludes halogenated alkanes) is 7. The summed E-state index contributed by atoms with van der Waals surface area (Å²) in [4.78, 5) is 14.5. The summed E-state index contributed by atoms with van der Waals surface area (Å²) in [6.07, 6.45) is 12.7. The number of rotatable bonds is 10. The van der Waals surface area contributed by atoms with E-state index in [1.165, 1.54) is 57.8 Å². The SMILES string of the molecule is CC1CCC(C)CN(C(=O)SCCCCCCCCCCCl)C1. The van der Waals surface area contributed by atoms with Crippen LogP contribution in [0.25, 0.3) is 0 Å². The van der Waals surface area contributed by atoms with Crippen LogP contribution in [0.5, 0.6) is 0 Å². The van der Waals surface area contributed by atoms with E-state index >= 15 is 0 Å². The molecule has 0 aromatic carbocycles. The van der Waals surface area contributed by atoms with Crippen molar-refractivity contribution in [3.05, 3.63) is 0 Å². The van der Waals surface area contributed by atoms with Gasteiger partial charge in [-0.2, -0.15) is 0 Å². The topological polar surface area (TPSA) is 20.3 Å². The van der Waals surface area contributed by atoms with Gasteiger partial charge in [0.15, 0.2) is 0 Å². The van der Waals surface area contributed by atoms with Crippen LogP contribution in [0.4, 0.5) is 4.79 Å². The lowest BCUT2D eigenvalue weighted by atomic mass is 10.0. The fraction of sp³-hybridized carbons (Fsp3) is 0.947. The highest BCUT2D eigenvalue weighted by atomic mass is 35.5. The van der Waals surface area contributed by atoms with Gasteiger partial charge in [0.2, 0.25) is 0 Å². The van der Waals surface area contributed by atoms with Crippen molar-refractivity contribution in [3.63, 3.8) is 0 Å². The average molecular weight is 362 g/mol. The van der Waals surface area contributed by atoms with E-state index in [1.807, 2.05) is 0 Å². The van der Waals surface area contributed by atoms with Gasteiger partial charge in [-0.25, -0.2) is 0 Å². The molecule has 0 radical (unpaired) electrons. The van der Waals surface area contributed by atoms with Gasteiger partial charge in [-0.3, -0.25) is 4.79 Å². The van der Waals surface area contributed by atoms with Crippen LogP contribution < -0.4 is 0 Å². The van der Waals surface area contributed by atoms with Crippen LogP contribution >= 0.6 is 23.4 Å². The van der Waals surface area contributed by atoms with E-state index in [-0.39, 0.29) is 0 Å². The zero-order valence-corrected chi connectivity index (χ0v) is 16.8. The molecule has 1 aliphatic heterocycles. The number of carbonyl (C=O) groups excluding carboxylic acids is 1. The first-order chi connectivity index (χ1) is 11.1. The highest BCUT2D eigenvalue weighted by Gasteiger charge is 2.23. The Morgan fingerprint density at radius 1 is 0.913 bits per heavy atom. The van der Waals surface area contributed by atoms with E-state index in [0.717, 1.165) is 31.1 Å². The summed E-state index contributed by atoms with van der Waals surface area (Å²) < 4.78 is 0. The van der Waals surface area contributed by atoms with Crippen molar-refractivity contribution < 1.29 is 4.79 Å². The number of alkyl halides is 1. The van der Waals surface area contributed by atoms with Crippen LogP contribution in [0.3, 0.4) is 0 Å². The fourth-order valence-corrected chi connectivity index (χ4v) is 4.28. The molecular formula is C19H36ClNOS. The van der Waals surface area contributed by atoms with E-state index in [4.69, 9.17) is 11.6 Å². The van der Waals surface area contributed by atoms with Crippen molar-refractivity contribution >= 4 is 28.6 Å². The first-order valence-corrected chi connectivity index (χ1v) is 11.1. The molecule has 1 fully saturated rings. The van der Waals surface area contributed by atoms with Crippen LogP contribution in [0.15, 0.2) is 0 Å². The number of amides is 1. The third kappa shape index (κ3) is 10.6. The van der Waals surface area contributed by atoms with Crippen LogP contribution in [0, 0.1) is 11.8 Å². The standard InChI is InChI=1S/C19H36ClNOS/c1-17-11-12-18(2)16-21(15-17)19(22)23-14-10-8-6-4-3-5-7-9-13-20/h17-18H,3-16H2,1-2H3. The normalized spacial score (nSPS) is 22.1. The van der Waals surface area contributed by atoms with Gasteiger partial charge in [-0.15, -0.1) is 11.6 Å². The smallest absolute Gasteiger partial charge is 0.281 e.